The molecule has 21 heavy (non-hydrogen) atoms. The molecule has 6 nitrogen and oxygen atoms in total. The van der Waals surface area contributed by atoms with Crippen molar-refractivity contribution in [2.45, 2.75) is 52.0 Å². The van der Waals surface area contributed by atoms with Crippen molar-refractivity contribution >= 4 is 17.8 Å². The summed E-state index contributed by atoms with van der Waals surface area (Å²) in [6, 6.07) is 0.0956. The van der Waals surface area contributed by atoms with Gasteiger partial charge in [0.1, 0.15) is 0 Å². The first-order valence-corrected chi connectivity index (χ1v) is 7.56. The van der Waals surface area contributed by atoms with E-state index in [1.165, 1.54) is 7.11 Å². The van der Waals surface area contributed by atoms with Crippen LogP contribution in [0.25, 0.3) is 0 Å². The molecule has 1 saturated heterocycles. The Balaban J connectivity index is 2.25. The largest absolute Gasteiger partial charge is 0.469 e. The number of nitrogens with zero attached hydrogens (tertiary/aromatic N) is 1. The van der Waals surface area contributed by atoms with Gasteiger partial charge < -0.3 is 15.0 Å². The van der Waals surface area contributed by atoms with Gasteiger partial charge in [-0.3, -0.25) is 14.4 Å². The highest BCUT2D eigenvalue weighted by atomic mass is 16.5. The molecule has 0 aromatic carbocycles. The van der Waals surface area contributed by atoms with Crippen LogP contribution >= 0.6 is 0 Å². The smallest absolute Gasteiger partial charge is 0.306 e. The number of ether oxygens (including phenoxy) is 1. The molecule has 2 amide bonds. The van der Waals surface area contributed by atoms with Crippen LogP contribution in [0, 0.1) is 5.92 Å². The van der Waals surface area contributed by atoms with E-state index in [-0.39, 0.29) is 36.7 Å². The van der Waals surface area contributed by atoms with Gasteiger partial charge in [0, 0.05) is 32.0 Å². The standard InChI is InChI=1S/C15H26N2O4/c1-11(2)10-14(19)17-8-6-12(7-9-17)16-13(18)4-5-15(20)21-3/h11-12H,4-10H2,1-3H3,(H,16,18). The predicted molar refractivity (Wildman–Crippen MR) is 78.4 cm³/mol. The summed E-state index contributed by atoms with van der Waals surface area (Å²) in [7, 11) is 1.31. The molecule has 0 aromatic heterocycles. The van der Waals surface area contributed by atoms with Crippen molar-refractivity contribution < 1.29 is 19.1 Å². The Morgan fingerprint density at radius 3 is 2.33 bits per heavy atom. The molecule has 1 aliphatic heterocycles. The third-order valence-corrected chi connectivity index (χ3v) is 3.58. The fourth-order valence-electron chi connectivity index (χ4n) is 2.37. The van der Waals surface area contributed by atoms with E-state index in [1.54, 1.807) is 0 Å². The first-order chi connectivity index (χ1) is 9.92. The van der Waals surface area contributed by atoms with Crippen LogP contribution in [0.3, 0.4) is 0 Å². The lowest BCUT2D eigenvalue weighted by Crippen LogP contribution is -2.46. The molecule has 0 bridgehead atoms. The Bertz CT molecular complexity index is 374. The second-order valence-corrected chi connectivity index (χ2v) is 5.90. The van der Waals surface area contributed by atoms with Gasteiger partial charge >= 0.3 is 5.97 Å². The molecule has 0 radical (unpaired) electrons. The minimum absolute atomic E-state index is 0.0956. The molecular weight excluding hydrogens is 272 g/mol. The van der Waals surface area contributed by atoms with Crippen LogP contribution in [0.4, 0.5) is 0 Å². The van der Waals surface area contributed by atoms with E-state index in [0.29, 0.717) is 25.4 Å². The highest BCUT2D eigenvalue weighted by Crippen LogP contribution is 2.13. The first-order valence-electron chi connectivity index (χ1n) is 7.56. The van der Waals surface area contributed by atoms with E-state index in [4.69, 9.17) is 0 Å². The molecule has 1 heterocycles. The summed E-state index contributed by atoms with van der Waals surface area (Å²) in [4.78, 5) is 36.5. The van der Waals surface area contributed by atoms with Gasteiger partial charge in [-0.25, -0.2) is 0 Å². The number of amides is 2. The fourth-order valence-corrected chi connectivity index (χ4v) is 2.37. The maximum absolute atomic E-state index is 11.9. The molecular formula is C15H26N2O4. The molecule has 0 aromatic rings. The number of nitrogens with one attached hydrogen (secondary N) is 1. The molecule has 6 heteroatoms. The number of carbonyl (C=O) groups excluding carboxylic acids is 3. The number of likely N-dealkylation sites (tertiary alicyclic amines) is 1. The minimum atomic E-state index is -0.376. The van der Waals surface area contributed by atoms with Gasteiger partial charge in [0.2, 0.25) is 11.8 Å². The predicted octanol–water partition coefficient (Wildman–Crippen LogP) is 1.09. The van der Waals surface area contributed by atoms with Crippen molar-refractivity contribution in [1.29, 1.82) is 0 Å². The van der Waals surface area contributed by atoms with Crippen molar-refractivity contribution in [3.63, 3.8) is 0 Å². The van der Waals surface area contributed by atoms with Crippen molar-refractivity contribution in [3.8, 4) is 0 Å². The summed E-state index contributed by atoms with van der Waals surface area (Å²) in [5, 5.41) is 2.91. The van der Waals surface area contributed by atoms with E-state index in [0.717, 1.165) is 12.8 Å². The Kier molecular flexibility index (Phi) is 7.19. The average Bonchev–Trinajstić information content (AvgIpc) is 2.44. The van der Waals surface area contributed by atoms with Gasteiger partial charge in [0.15, 0.2) is 0 Å². The zero-order valence-electron chi connectivity index (χ0n) is 13.2. The quantitative estimate of drug-likeness (QED) is 0.745. The molecule has 0 aliphatic carbocycles. The number of methoxy groups -OCH3 is 1. The van der Waals surface area contributed by atoms with Gasteiger partial charge in [-0.05, 0) is 18.8 Å². The Morgan fingerprint density at radius 2 is 1.81 bits per heavy atom. The third kappa shape index (κ3) is 6.60. The molecule has 1 N–H and O–H groups in total. The summed E-state index contributed by atoms with van der Waals surface area (Å²) in [6.07, 6.45) is 2.38. The molecule has 0 spiro atoms. The zero-order chi connectivity index (χ0) is 15.8. The number of esters is 1. The van der Waals surface area contributed by atoms with Crippen molar-refractivity contribution in [2.75, 3.05) is 20.2 Å². The molecule has 1 aliphatic rings. The maximum atomic E-state index is 11.9. The Hall–Kier alpha value is -1.59. The van der Waals surface area contributed by atoms with E-state index >= 15 is 0 Å². The summed E-state index contributed by atoms with van der Waals surface area (Å²) in [5.41, 5.74) is 0. The highest BCUT2D eigenvalue weighted by Gasteiger charge is 2.24. The van der Waals surface area contributed by atoms with E-state index in [1.807, 2.05) is 18.7 Å². The third-order valence-electron chi connectivity index (χ3n) is 3.58. The van der Waals surface area contributed by atoms with Crippen molar-refractivity contribution in [2.24, 2.45) is 5.92 Å². The highest BCUT2D eigenvalue weighted by molar-refractivity contribution is 5.81. The molecule has 0 saturated carbocycles. The number of rotatable bonds is 6. The van der Waals surface area contributed by atoms with Gasteiger partial charge in [0.25, 0.3) is 0 Å². The second-order valence-electron chi connectivity index (χ2n) is 5.90. The molecule has 120 valence electrons. The molecule has 0 atom stereocenters. The fraction of sp³-hybridized carbons (Fsp3) is 0.800. The summed E-state index contributed by atoms with van der Waals surface area (Å²) in [6.45, 7) is 5.44. The van der Waals surface area contributed by atoms with Crippen LogP contribution in [0.2, 0.25) is 0 Å². The molecule has 0 unspecified atom stereocenters. The number of hydrogen-bond donors (Lipinski definition) is 1. The van der Waals surface area contributed by atoms with Gasteiger partial charge in [-0.2, -0.15) is 0 Å². The van der Waals surface area contributed by atoms with Crippen molar-refractivity contribution in [3.05, 3.63) is 0 Å². The van der Waals surface area contributed by atoms with Crippen LogP contribution in [-0.2, 0) is 19.1 Å². The Labute approximate surface area is 126 Å². The Morgan fingerprint density at radius 1 is 1.19 bits per heavy atom. The maximum Gasteiger partial charge on any atom is 0.306 e. The topological polar surface area (TPSA) is 75.7 Å². The van der Waals surface area contributed by atoms with Crippen LogP contribution in [0.15, 0.2) is 0 Å². The lowest BCUT2D eigenvalue weighted by Gasteiger charge is -2.32. The zero-order valence-corrected chi connectivity index (χ0v) is 13.2. The summed E-state index contributed by atoms with van der Waals surface area (Å²) in [5.74, 6) is 0.0559. The minimum Gasteiger partial charge on any atom is -0.469 e. The van der Waals surface area contributed by atoms with Crippen LogP contribution in [-0.4, -0.2) is 48.9 Å². The normalized spacial score (nSPS) is 15.9. The van der Waals surface area contributed by atoms with E-state index in [9.17, 15) is 14.4 Å². The van der Waals surface area contributed by atoms with Crippen LogP contribution < -0.4 is 5.32 Å². The number of carbonyl (C=O) groups is 3. The van der Waals surface area contributed by atoms with Gasteiger partial charge in [-0.15, -0.1) is 0 Å². The first kappa shape index (κ1) is 17.5. The van der Waals surface area contributed by atoms with Crippen LogP contribution in [0.1, 0.15) is 46.0 Å². The number of piperidine rings is 1. The lowest BCUT2D eigenvalue weighted by atomic mass is 10.0. The summed E-state index contributed by atoms with van der Waals surface area (Å²) >= 11 is 0. The van der Waals surface area contributed by atoms with E-state index in [2.05, 4.69) is 10.1 Å². The average molecular weight is 298 g/mol. The molecule has 1 rings (SSSR count). The van der Waals surface area contributed by atoms with E-state index < -0.39 is 0 Å². The second kappa shape index (κ2) is 8.64. The summed E-state index contributed by atoms with van der Waals surface area (Å²) < 4.78 is 4.50. The van der Waals surface area contributed by atoms with Gasteiger partial charge in [0.05, 0.1) is 13.5 Å². The lowest BCUT2D eigenvalue weighted by molar-refractivity contribution is -0.142. The SMILES string of the molecule is COC(=O)CCC(=O)NC1CCN(C(=O)CC(C)C)CC1. The monoisotopic (exact) mass is 298 g/mol. The van der Waals surface area contributed by atoms with Crippen LogP contribution in [0.5, 0.6) is 0 Å². The van der Waals surface area contributed by atoms with Crippen molar-refractivity contribution in [1.82, 2.24) is 10.2 Å². The molecule has 1 fully saturated rings. The van der Waals surface area contributed by atoms with Gasteiger partial charge in [-0.1, -0.05) is 13.8 Å². The number of hydrogen-bond acceptors (Lipinski definition) is 4.